The fourth-order valence-electron chi connectivity index (χ4n) is 1.18. The number of hydrogen-bond acceptors (Lipinski definition) is 4. The van der Waals surface area contributed by atoms with E-state index in [4.69, 9.17) is 20.5 Å². The third-order valence-electron chi connectivity index (χ3n) is 1.94. The molecule has 0 unspecified atom stereocenters. The van der Waals surface area contributed by atoms with Crippen LogP contribution in [0, 0.1) is 11.3 Å². The van der Waals surface area contributed by atoms with Crippen molar-refractivity contribution in [1.29, 1.82) is 5.26 Å². The number of benzene rings is 1. The number of rotatable bonds is 3. The van der Waals surface area contributed by atoms with Crippen molar-refractivity contribution in [3.05, 3.63) is 29.8 Å². The summed E-state index contributed by atoms with van der Waals surface area (Å²) in [5, 5.41) is 8.49. The standard InChI is InChI=1S/C11H12N2O2/c1-14-8-3-4-9(10(13)5-6-12)11(7-8)15-2/h3-5,7H,13H2,1-2H3/b10-5-. The maximum atomic E-state index is 8.49. The number of ether oxygens (including phenoxy) is 2. The Morgan fingerprint density at radius 2 is 2.13 bits per heavy atom. The van der Waals surface area contributed by atoms with Crippen molar-refractivity contribution in [3.8, 4) is 17.6 Å². The number of hydrogen-bond donors (Lipinski definition) is 1. The van der Waals surface area contributed by atoms with Crippen LogP contribution >= 0.6 is 0 Å². The highest BCUT2D eigenvalue weighted by Gasteiger charge is 2.06. The zero-order chi connectivity index (χ0) is 11.3. The molecule has 0 aliphatic rings. The molecule has 1 rings (SSSR count). The molecule has 4 nitrogen and oxygen atoms in total. The minimum atomic E-state index is 0.372. The van der Waals surface area contributed by atoms with Crippen LogP contribution in [0.4, 0.5) is 0 Å². The fraction of sp³-hybridized carbons (Fsp3) is 0.182. The van der Waals surface area contributed by atoms with Crippen LogP contribution in [0.3, 0.4) is 0 Å². The van der Waals surface area contributed by atoms with Crippen LogP contribution in [0.25, 0.3) is 5.70 Å². The molecule has 0 fully saturated rings. The van der Waals surface area contributed by atoms with Crippen molar-refractivity contribution in [2.24, 2.45) is 5.73 Å². The number of nitrogens with two attached hydrogens (primary N) is 1. The zero-order valence-electron chi connectivity index (χ0n) is 8.65. The minimum absolute atomic E-state index is 0.372. The summed E-state index contributed by atoms with van der Waals surface area (Å²) in [4.78, 5) is 0. The van der Waals surface area contributed by atoms with Crippen LogP contribution in [0.5, 0.6) is 11.5 Å². The molecule has 4 heteroatoms. The van der Waals surface area contributed by atoms with Gasteiger partial charge in [0.2, 0.25) is 0 Å². The van der Waals surface area contributed by atoms with Crippen LogP contribution in [0.2, 0.25) is 0 Å². The first-order valence-corrected chi connectivity index (χ1v) is 4.30. The van der Waals surface area contributed by atoms with Crippen LogP contribution in [-0.2, 0) is 0 Å². The molecule has 0 heterocycles. The second-order valence-corrected chi connectivity index (χ2v) is 2.79. The van der Waals surface area contributed by atoms with Gasteiger partial charge in [-0.1, -0.05) is 0 Å². The average Bonchev–Trinajstić information content (AvgIpc) is 2.28. The highest BCUT2D eigenvalue weighted by Crippen LogP contribution is 2.27. The summed E-state index contributed by atoms with van der Waals surface area (Å²) in [6.45, 7) is 0. The lowest BCUT2D eigenvalue weighted by Gasteiger charge is -2.09. The average molecular weight is 204 g/mol. The number of methoxy groups -OCH3 is 2. The predicted octanol–water partition coefficient (Wildman–Crippen LogP) is 1.53. The topological polar surface area (TPSA) is 68.3 Å². The van der Waals surface area contributed by atoms with Gasteiger partial charge in [-0.15, -0.1) is 0 Å². The Kier molecular flexibility index (Phi) is 3.58. The normalized spacial score (nSPS) is 10.6. The molecule has 0 bridgehead atoms. The maximum Gasteiger partial charge on any atom is 0.131 e. The lowest BCUT2D eigenvalue weighted by molar-refractivity contribution is 0.393. The van der Waals surface area contributed by atoms with Crippen LogP contribution in [0.15, 0.2) is 24.3 Å². The summed E-state index contributed by atoms with van der Waals surface area (Å²) in [6, 6.07) is 7.10. The minimum Gasteiger partial charge on any atom is -0.497 e. The molecule has 15 heavy (non-hydrogen) atoms. The Hall–Kier alpha value is -2.15. The molecule has 0 amide bonds. The Bertz CT molecular complexity index is 419. The molecule has 0 aliphatic carbocycles. The molecule has 0 radical (unpaired) electrons. The Labute approximate surface area is 88.5 Å². The largest absolute Gasteiger partial charge is 0.497 e. The van der Waals surface area contributed by atoms with Crippen LogP contribution < -0.4 is 15.2 Å². The SMILES string of the molecule is COc1ccc(/C(N)=C/C#N)c(OC)c1. The smallest absolute Gasteiger partial charge is 0.131 e. The first-order valence-electron chi connectivity index (χ1n) is 4.30. The van der Waals surface area contributed by atoms with Gasteiger partial charge in [-0.25, -0.2) is 0 Å². The van der Waals surface area contributed by atoms with E-state index >= 15 is 0 Å². The van der Waals surface area contributed by atoms with Crippen LogP contribution in [-0.4, -0.2) is 14.2 Å². The van der Waals surface area contributed by atoms with Gasteiger partial charge in [0, 0.05) is 17.7 Å². The van der Waals surface area contributed by atoms with E-state index < -0.39 is 0 Å². The molecular weight excluding hydrogens is 192 g/mol. The van der Waals surface area contributed by atoms with Crippen molar-refractivity contribution in [2.45, 2.75) is 0 Å². The van der Waals surface area contributed by atoms with Crippen molar-refractivity contribution in [2.75, 3.05) is 14.2 Å². The molecule has 2 N–H and O–H groups in total. The summed E-state index contributed by atoms with van der Waals surface area (Å²) in [6.07, 6.45) is 1.27. The maximum absolute atomic E-state index is 8.49. The summed E-state index contributed by atoms with van der Waals surface area (Å²) >= 11 is 0. The van der Waals surface area contributed by atoms with Gasteiger partial charge in [0.25, 0.3) is 0 Å². The monoisotopic (exact) mass is 204 g/mol. The third-order valence-corrected chi connectivity index (χ3v) is 1.94. The summed E-state index contributed by atoms with van der Waals surface area (Å²) in [7, 11) is 3.11. The number of nitriles is 1. The molecular formula is C11H12N2O2. The third kappa shape index (κ3) is 2.41. The van der Waals surface area contributed by atoms with E-state index in [1.807, 2.05) is 6.07 Å². The molecule has 0 spiro atoms. The predicted molar refractivity (Wildman–Crippen MR) is 57.3 cm³/mol. The number of allylic oxidation sites excluding steroid dienone is 1. The van der Waals surface area contributed by atoms with E-state index in [0.717, 1.165) is 0 Å². The molecule has 0 saturated carbocycles. The Morgan fingerprint density at radius 3 is 2.67 bits per heavy atom. The van der Waals surface area contributed by atoms with Gasteiger partial charge in [-0.2, -0.15) is 5.26 Å². The first-order chi connectivity index (χ1) is 7.22. The van der Waals surface area contributed by atoms with Gasteiger partial charge in [-0.3, -0.25) is 0 Å². The summed E-state index contributed by atoms with van der Waals surface area (Å²) in [5.41, 5.74) is 6.74. The van der Waals surface area contributed by atoms with E-state index in [1.165, 1.54) is 13.2 Å². The highest BCUT2D eigenvalue weighted by molar-refractivity contribution is 5.70. The van der Waals surface area contributed by atoms with Crippen molar-refractivity contribution >= 4 is 5.70 Å². The quantitative estimate of drug-likeness (QED) is 0.758. The van der Waals surface area contributed by atoms with E-state index in [-0.39, 0.29) is 0 Å². The van der Waals surface area contributed by atoms with Crippen molar-refractivity contribution in [3.63, 3.8) is 0 Å². The molecule has 1 aromatic carbocycles. The van der Waals surface area contributed by atoms with Gasteiger partial charge >= 0.3 is 0 Å². The van der Waals surface area contributed by atoms with Gasteiger partial charge in [0.1, 0.15) is 11.5 Å². The Morgan fingerprint density at radius 1 is 1.40 bits per heavy atom. The molecule has 0 aliphatic heterocycles. The first kappa shape index (κ1) is 10.9. The van der Waals surface area contributed by atoms with Crippen molar-refractivity contribution < 1.29 is 9.47 Å². The van der Waals surface area contributed by atoms with Crippen molar-refractivity contribution in [1.82, 2.24) is 0 Å². The molecule has 0 aromatic heterocycles. The van der Waals surface area contributed by atoms with Gasteiger partial charge in [-0.05, 0) is 12.1 Å². The summed E-state index contributed by atoms with van der Waals surface area (Å²) < 4.78 is 10.2. The van der Waals surface area contributed by atoms with Gasteiger partial charge in [0.05, 0.1) is 26.0 Å². The second-order valence-electron chi connectivity index (χ2n) is 2.79. The second kappa shape index (κ2) is 4.91. The van der Waals surface area contributed by atoms with Crippen LogP contribution in [0.1, 0.15) is 5.56 Å². The molecule has 0 atom stereocenters. The van der Waals surface area contributed by atoms with E-state index in [2.05, 4.69) is 0 Å². The molecule has 0 saturated heterocycles. The lowest BCUT2D eigenvalue weighted by Crippen LogP contribution is -1.99. The van der Waals surface area contributed by atoms with Gasteiger partial charge < -0.3 is 15.2 Å². The molecule has 78 valence electrons. The lowest BCUT2D eigenvalue weighted by atomic mass is 10.1. The number of nitrogens with zero attached hydrogens (tertiary/aromatic N) is 1. The fourth-order valence-corrected chi connectivity index (χ4v) is 1.18. The van der Waals surface area contributed by atoms with E-state index in [0.29, 0.717) is 22.8 Å². The zero-order valence-corrected chi connectivity index (χ0v) is 8.65. The summed E-state index contributed by atoms with van der Waals surface area (Å²) in [5.74, 6) is 1.26. The highest BCUT2D eigenvalue weighted by atomic mass is 16.5. The van der Waals surface area contributed by atoms with Gasteiger partial charge in [0.15, 0.2) is 0 Å². The Balaban J connectivity index is 3.20. The van der Waals surface area contributed by atoms with E-state index in [1.54, 1.807) is 25.3 Å². The van der Waals surface area contributed by atoms with E-state index in [9.17, 15) is 0 Å². The molecule has 1 aromatic rings.